The minimum Gasteiger partial charge on any atom is -0.457 e. The second-order valence-electron chi connectivity index (χ2n) is 15.8. The van der Waals surface area contributed by atoms with Gasteiger partial charge in [0.2, 0.25) is 0 Å². The maximum absolute atomic E-state index is 12.3. The first-order chi connectivity index (χ1) is 31.2. The minimum atomic E-state index is -0.571. The van der Waals surface area contributed by atoms with E-state index in [4.69, 9.17) is 9.47 Å². The van der Waals surface area contributed by atoms with Crippen LogP contribution < -0.4 is 0 Å². The van der Waals surface area contributed by atoms with Gasteiger partial charge in [0.05, 0.1) is 13.2 Å². The minimum absolute atomic E-state index is 0.201. The molecule has 0 saturated carbocycles. The molecule has 0 aromatic rings. The van der Waals surface area contributed by atoms with Crippen molar-refractivity contribution in [2.75, 3.05) is 19.8 Å². The van der Waals surface area contributed by atoms with Gasteiger partial charge in [-0.2, -0.15) is 0 Å². The van der Waals surface area contributed by atoms with Gasteiger partial charge in [0.15, 0.2) is 0 Å². The van der Waals surface area contributed by atoms with Crippen LogP contribution in [0.25, 0.3) is 0 Å². The summed E-state index contributed by atoms with van der Waals surface area (Å²) in [5.41, 5.74) is 0. The van der Waals surface area contributed by atoms with Crippen LogP contribution in [-0.4, -0.2) is 37.0 Å². The van der Waals surface area contributed by atoms with Crippen LogP contribution >= 0.6 is 0 Å². The number of hydrogen-bond donors (Lipinski definition) is 1. The zero-order chi connectivity index (χ0) is 45.5. The summed E-state index contributed by atoms with van der Waals surface area (Å²) in [7, 11) is 0. The van der Waals surface area contributed by atoms with Crippen molar-refractivity contribution < 1.29 is 19.4 Å². The molecule has 63 heavy (non-hydrogen) atoms. The zero-order valence-corrected chi connectivity index (χ0v) is 40.3. The molecule has 0 aromatic heterocycles. The first kappa shape index (κ1) is 59.0. The Balaban J connectivity index is 3.61. The second-order valence-corrected chi connectivity index (χ2v) is 15.8. The fourth-order valence-electron chi connectivity index (χ4n) is 6.19. The molecule has 0 radical (unpaired) electrons. The predicted octanol–water partition coefficient (Wildman–Crippen LogP) is 17.3. The van der Waals surface area contributed by atoms with Crippen molar-refractivity contribution in [1.29, 1.82) is 0 Å². The molecule has 0 fully saturated rings. The lowest BCUT2D eigenvalue weighted by Crippen LogP contribution is -2.27. The Kier molecular flexibility index (Phi) is 50.7. The summed E-state index contributed by atoms with van der Waals surface area (Å²) in [6, 6.07) is 0. The number of ether oxygens (including phenoxy) is 2. The van der Waals surface area contributed by atoms with E-state index in [1.54, 1.807) is 0 Å². The van der Waals surface area contributed by atoms with E-state index in [-0.39, 0.29) is 19.2 Å². The van der Waals surface area contributed by atoms with Crippen molar-refractivity contribution in [2.24, 2.45) is 0 Å². The van der Waals surface area contributed by atoms with Crippen LogP contribution in [0.15, 0.2) is 158 Å². The van der Waals surface area contributed by atoms with Crippen LogP contribution in [0.5, 0.6) is 0 Å². The normalized spacial score (nSPS) is 13.8. The molecule has 0 aliphatic carbocycles. The predicted molar refractivity (Wildman–Crippen MR) is 278 cm³/mol. The van der Waals surface area contributed by atoms with E-state index in [2.05, 4.69) is 172 Å². The molecule has 0 amide bonds. The standard InChI is InChI=1S/C59H92O4/c1-3-5-7-9-11-13-15-17-19-21-23-25-27-29-31-33-35-37-39-41-43-45-47-49-51-53-55-62-57-58(56-60)63-59(61)54-52-50-48-46-44-42-40-38-36-34-32-30-28-26-24-22-20-18-16-14-12-10-8-6-4-2/h5-8,11-14,17-20,23-26,29-32,35-38,41,43,58,60H,3-4,9-10,15-16,21-22,27-28,33-34,39-40,42,44-57H2,1-2H3/b7-5-,8-6-,13-11-,14-12-,19-17-,20-18-,25-23-,26-24-,31-29-,32-30-,37-35-,38-36-,43-41-. The van der Waals surface area contributed by atoms with Crippen LogP contribution in [0.2, 0.25) is 0 Å². The van der Waals surface area contributed by atoms with E-state index in [9.17, 15) is 9.90 Å². The summed E-state index contributed by atoms with van der Waals surface area (Å²) >= 11 is 0. The number of allylic oxidation sites excluding steroid dienone is 26. The van der Waals surface area contributed by atoms with Crippen molar-refractivity contribution in [3.05, 3.63) is 158 Å². The van der Waals surface area contributed by atoms with Crippen LogP contribution in [0, 0.1) is 0 Å². The second kappa shape index (κ2) is 54.1. The lowest BCUT2D eigenvalue weighted by Gasteiger charge is -2.15. The third-order valence-electron chi connectivity index (χ3n) is 9.85. The Morgan fingerprint density at radius 3 is 1.00 bits per heavy atom. The third kappa shape index (κ3) is 52.3. The van der Waals surface area contributed by atoms with E-state index < -0.39 is 6.10 Å². The van der Waals surface area contributed by atoms with Gasteiger partial charge in [-0.05, 0) is 122 Å². The largest absolute Gasteiger partial charge is 0.457 e. The third-order valence-corrected chi connectivity index (χ3v) is 9.85. The molecular weight excluding hydrogens is 773 g/mol. The first-order valence-corrected chi connectivity index (χ1v) is 25.1. The number of aliphatic hydroxyl groups excluding tert-OH is 1. The van der Waals surface area contributed by atoms with Gasteiger partial charge in [-0.25, -0.2) is 0 Å². The van der Waals surface area contributed by atoms with Gasteiger partial charge >= 0.3 is 5.97 Å². The molecule has 352 valence electrons. The molecule has 0 bridgehead atoms. The smallest absolute Gasteiger partial charge is 0.306 e. The summed E-state index contributed by atoms with van der Waals surface area (Å²) in [6.45, 7) is 5.01. The van der Waals surface area contributed by atoms with Crippen molar-refractivity contribution in [3.63, 3.8) is 0 Å². The Hall–Kier alpha value is -3.99. The van der Waals surface area contributed by atoms with Gasteiger partial charge in [-0.15, -0.1) is 0 Å². The molecule has 0 rings (SSSR count). The molecule has 0 aliphatic heterocycles. The zero-order valence-electron chi connectivity index (χ0n) is 40.3. The van der Waals surface area contributed by atoms with Gasteiger partial charge < -0.3 is 14.6 Å². The monoisotopic (exact) mass is 865 g/mol. The average Bonchev–Trinajstić information content (AvgIpc) is 3.29. The van der Waals surface area contributed by atoms with E-state index >= 15 is 0 Å². The van der Waals surface area contributed by atoms with Gasteiger partial charge in [0.25, 0.3) is 0 Å². The van der Waals surface area contributed by atoms with Gasteiger partial charge in [-0.3, -0.25) is 4.79 Å². The summed E-state index contributed by atoms with van der Waals surface area (Å²) in [6.07, 6.45) is 84.6. The summed E-state index contributed by atoms with van der Waals surface area (Å²) in [5.74, 6) is -0.232. The fraction of sp³-hybridized carbons (Fsp3) is 0.542. The van der Waals surface area contributed by atoms with E-state index in [1.807, 2.05) is 0 Å². The van der Waals surface area contributed by atoms with E-state index in [0.717, 1.165) is 128 Å². The topological polar surface area (TPSA) is 55.8 Å². The van der Waals surface area contributed by atoms with Crippen molar-refractivity contribution in [1.82, 2.24) is 0 Å². The Bertz CT molecular complexity index is 1380. The molecule has 1 N–H and O–H groups in total. The van der Waals surface area contributed by atoms with Crippen molar-refractivity contribution in [2.45, 2.75) is 187 Å². The SMILES string of the molecule is CC/C=C\C/C=C\C/C=C\C/C=C\C/C=C\C/C=C\C/C=C\CCCCCCOCC(CO)OC(=O)CCCCCCCC/C=C\C/C=C\C/C=C\C/C=C\C/C=C\C/C=C\CC. The molecule has 0 aromatic carbocycles. The van der Waals surface area contributed by atoms with Crippen LogP contribution in [-0.2, 0) is 14.3 Å². The molecule has 0 aliphatic rings. The Morgan fingerprint density at radius 2 is 0.667 bits per heavy atom. The first-order valence-electron chi connectivity index (χ1n) is 25.1. The van der Waals surface area contributed by atoms with Crippen LogP contribution in [0.3, 0.4) is 0 Å². The number of carbonyl (C=O) groups excluding carboxylic acids is 1. The molecule has 1 unspecified atom stereocenters. The number of rotatable bonds is 44. The summed E-state index contributed by atoms with van der Waals surface area (Å²) < 4.78 is 11.2. The maximum Gasteiger partial charge on any atom is 0.306 e. The van der Waals surface area contributed by atoms with Crippen LogP contribution in [0.4, 0.5) is 0 Å². The highest BCUT2D eigenvalue weighted by Gasteiger charge is 2.13. The fourth-order valence-corrected chi connectivity index (χ4v) is 6.19. The average molecular weight is 865 g/mol. The van der Waals surface area contributed by atoms with Gasteiger partial charge in [0, 0.05) is 13.0 Å². The number of esters is 1. The molecular formula is C59H92O4. The number of aliphatic hydroxyl groups is 1. The highest BCUT2D eigenvalue weighted by atomic mass is 16.6. The Labute approximate surface area is 388 Å². The number of unbranched alkanes of at least 4 members (excludes halogenated alkanes) is 10. The van der Waals surface area contributed by atoms with Gasteiger partial charge in [0.1, 0.15) is 6.10 Å². The highest BCUT2D eigenvalue weighted by molar-refractivity contribution is 5.69. The molecule has 0 spiro atoms. The van der Waals surface area contributed by atoms with Crippen molar-refractivity contribution in [3.8, 4) is 0 Å². The quantitative estimate of drug-likeness (QED) is 0.0377. The summed E-state index contributed by atoms with van der Waals surface area (Å²) in [5, 5.41) is 9.65. The van der Waals surface area contributed by atoms with E-state index in [0.29, 0.717) is 13.0 Å². The molecule has 0 heterocycles. The lowest BCUT2D eigenvalue weighted by molar-refractivity contribution is -0.154. The van der Waals surface area contributed by atoms with Crippen LogP contribution in [0.1, 0.15) is 181 Å². The molecule has 4 heteroatoms. The number of carbonyl (C=O) groups is 1. The summed E-state index contributed by atoms with van der Waals surface area (Å²) in [4.78, 5) is 12.3. The number of hydrogen-bond acceptors (Lipinski definition) is 4. The van der Waals surface area contributed by atoms with Gasteiger partial charge in [-0.1, -0.05) is 210 Å². The Morgan fingerprint density at radius 1 is 0.381 bits per heavy atom. The molecule has 4 nitrogen and oxygen atoms in total. The maximum atomic E-state index is 12.3. The lowest BCUT2D eigenvalue weighted by atomic mass is 10.1. The highest BCUT2D eigenvalue weighted by Crippen LogP contribution is 2.11. The van der Waals surface area contributed by atoms with Crippen molar-refractivity contribution >= 4 is 5.97 Å². The molecule has 1 atom stereocenters. The van der Waals surface area contributed by atoms with E-state index in [1.165, 1.54) is 32.1 Å². The molecule has 0 saturated heterocycles.